The van der Waals surface area contributed by atoms with Crippen LogP contribution < -0.4 is 11.6 Å². The summed E-state index contributed by atoms with van der Waals surface area (Å²) in [5, 5.41) is 0. The van der Waals surface area contributed by atoms with E-state index in [0.717, 1.165) is 6.07 Å². The van der Waals surface area contributed by atoms with Gasteiger partial charge in [0.15, 0.2) is 17.5 Å². The summed E-state index contributed by atoms with van der Waals surface area (Å²) >= 11 is 0. The van der Waals surface area contributed by atoms with Gasteiger partial charge in [-0.15, -0.1) is 0 Å². The van der Waals surface area contributed by atoms with Crippen molar-refractivity contribution in [2.75, 3.05) is 11.6 Å². The van der Waals surface area contributed by atoms with Gasteiger partial charge in [-0.1, -0.05) is 13.0 Å². The zero-order valence-electron chi connectivity index (χ0n) is 9.24. The Morgan fingerprint density at radius 1 is 1.35 bits per heavy atom. The molecule has 0 aliphatic heterocycles. The van der Waals surface area contributed by atoms with Crippen molar-refractivity contribution in [3.05, 3.63) is 35.7 Å². The van der Waals surface area contributed by atoms with Gasteiger partial charge in [0.05, 0.1) is 0 Å². The number of anilines is 1. The third-order valence-electron chi connectivity index (χ3n) is 2.54. The van der Waals surface area contributed by atoms with Gasteiger partial charge in [-0.3, -0.25) is 0 Å². The minimum Gasteiger partial charge on any atom is -0.382 e. The van der Waals surface area contributed by atoms with Crippen molar-refractivity contribution >= 4 is 5.82 Å². The molecule has 17 heavy (non-hydrogen) atoms. The molecule has 0 amide bonds. The summed E-state index contributed by atoms with van der Waals surface area (Å²) in [4.78, 5) is 4.11. The van der Waals surface area contributed by atoms with E-state index < -0.39 is 11.6 Å². The lowest BCUT2D eigenvalue weighted by Crippen LogP contribution is -2.14. The van der Waals surface area contributed by atoms with E-state index in [9.17, 15) is 8.78 Å². The Balaban J connectivity index is 2.65. The molecule has 0 unspecified atom stereocenters. The van der Waals surface area contributed by atoms with Crippen LogP contribution in [-0.4, -0.2) is 9.66 Å². The number of halogens is 2. The lowest BCUT2D eigenvalue weighted by molar-refractivity contribution is 0.511. The monoisotopic (exact) mass is 238 g/mol. The Bertz CT molecular complexity index is 563. The fraction of sp³-hybridized carbons (Fsp3) is 0.182. The molecular weight excluding hydrogens is 226 g/mol. The smallest absolute Gasteiger partial charge is 0.168 e. The number of imidazole rings is 1. The van der Waals surface area contributed by atoms with Crippen molar-refractivity contribution in [3.63, 3.8) is 0 Å². The number of aryl methyl sites for hydroxylation is 1. The van der Waals surface area contributed by atoms with E-state index in [0.29, 0.717) is 12.2 Å². The SMILES string of the molecule is CCc1nc(-c2cccc(F)c2F)c(N)n1N. The maximum atomic E-state index is 13.6. The summed E-state index contributed by atoms with van der Waals surface area (Å²) in [7, 11) is 0. The van der Waals surface area contributed by atoms with E-state index in [1.807, 2.05) is 6.92 Å². The molecule has 0 aliphatic rings. The average Bonchev–Trinajstić information content (AvgIpc) is 2.60. The largest absolute Gasteiger partial charge is 0.382 e. The molecule has 2 aromatic rings. The van der Waals surface area contributed by atoms with Crippen LogP contribution in [0.15, 0.2) is 18.2 Å². The molecule has 6 heteroatoms. The Hall–Kier alpha value is -2.11. The van der Waals surface area contributed by atoms with Crippen LogP contribution in [0, 0.1) is 11.6 Å². The molecule has 0 bridgehead atoms. The predicted molar refractivity (Wildman–Crippen MR) is 61.5 cm³/mol. The Morgan fingerprint density at radius 3 is 2.65 bits per heavy atom. The van der Waals surface area contributed by atoms with Crippen molar-refractivity contribution in [1.82, 2.24) is 9.66 Å². The van der Waals surface area contributed by atoms with Gasteiger partial charge in [0, 0.05) is 12.0 Å². The summed E-state index contributed by atoms with van der Waals surface area (Å²) in [5.74, 6) is 4.37. The molecule has 0 saturated heterocycles. The first kappa shape index (κ1) is 11.4. The molecule has 2 rings (SSSR count). The lowest BCUT2D eigenvalue weighted by Gasteiger charge is -2.02. The van der Waals surface area contributed by atoms with Crippen LogP contribution in [0.2, 0.25) is 0 Å². The molecule has 1 heterocycles. The normalized spacial score (nSPS) is 10.8. The maximum absolute atomic E-state index is 13.6. The zero-order valence-corrected chi connectivity index (χ0v) is 9.24. The second-order valence-corrected chi connectivity index (χ2v) is 3.59. The van der Waals surface area contributed by atoms with Gasteiger partial charge in [0.2, 0.25) is 0 Å². The molecule has 0 atom stereocenters. The molecule has 90 valence electrons. The van der Waals surface area contributed by atoms with E-state index in [-0.39, 0.29) is 17.1 Å². The zero-order chi connectivity index (χ0) is 12.6. The molecule has 0 radical (unpaired) electrons. The van der Waals surface area contributed by atoms with E-state index in [4.69, 9.17) is 11.6 Å². The molecule has 0 aliphatic carbocycles. The number of benzene rings is 1. The van der Waals surface area contributed by atoms with Gasteiger partial charge in [-0.2, -0.15) is 0 Å². The highest BCUT2D eigenvalue weighted by atomic mass is 19.2. The summed E-state index contributed by atoms with van der Waals surface area (Å²) in [6, 6.07) is 3.85. The fourth-order valence-corrected chi connectivity index (χ4v) is 1.63. The van der Waals surface area contributed by atoms with Crippen molar-refractivity contribution in [3.8, 4) is 11.3 Å². The van der Waals surface area contributed by atoms with E-state index in [1.54, 1.807) is 0 Å². The molecule has 0 fully saturated rings. The van der Waals surface area contributed by atoms with E-state index in [1.165, 1.54) is 16.8 Å². The minimum atomic E-state index is -0.972. The number of rotatable bonds is 2. The standard InChI is InChI=1S/C11H12F2N4/c1-2-8-16-10(11(14)17(8)15)6-4-3-5-7(12)9(6)13/h3-5H,2,14-15H2,1H3. The first-order valence-corrected chi connectivity index (χ1v) is 5.12. The van der Waals surface area contributed by atoms with Gasteiger partial charge in [-0.25, -0.2) is 18.4 Å². The Kier molecular flexibility index (Phi) is 2.71. The van der Waals surface area contributed by atoms with Crippen LogP contribution in [0.4, 0.5) is 14.6 Å². The first-order chi connectivity index (χ1) is 8.06. The topological polar surface area (TPSA) is 69.9 Å². The van der Waals surface area contributed by atoms with Crippen molar-refractivity contribution in [2.24, 2.45) is 0 Å². The third kappa shape index (κ3) is 1.71. The molecule has 1 aromatic carbocycles. The van der Waals surface area contributed by atoms with Crippen molar-refractivity contribution < 1.29 is 8.78 Å². The van der Waals surface area contributed by atoms with E-state index >= 15 is 0 Å². The van der Waals surface area contributed by atoms with Crippen LogP contribution in [0.3, 0.4) is 0 Å². The van der Waals surface area contributed by atoms with Gasteiger partial charge in [-0.05, 0) is 12.1 Å². The molecule has 0 saturated carbocycles. The number of aromatic nitrogens is 2. The number of nitrogens with two attached hydrogens (primary N) is 2. The first-order valence-electron chi connectivity index (χ1n) is 5.12. The number of nitrogens with zero attached hydrogens (tertiary/aromatic N) is 2. The van der Waals surface area contributed by atoms with Crippen LogP contribution in [0.25, 0.3) is 11.3 Å². The highest BCUT2D eigenvalue weighted by molar-refractivity contribution is 5.71. The van der Waals surface area contributed by atoms with E-state index in [2.05, 4.69) is 4.98 Å². The summed E-state index contributed by atoms with van der Waals surface area (Å²) < 4.78 is 27.9. The predicted octanol–water partition coefficient (Wildman–Crippen LogP) is 1.69. The maximum Gasteiger partial charge on any atom is 0.168 e. The van der Waals surface area contributed by atoms with Gasteiger partial charge in [0.1, 0.15) is 11.5 Å². The Morgan fingerprint density at radius 2 is 2.06 bits per heavy atom. The fourth-order valence-electron chi connectivity index (χ4n) is 1.63. The molecule has 4 nitrogen and oxygen atoms in total. The van der Waals surface area contributed by atoms with Crippen molar-refractivity contribution in [2.45, 2.75) is 13.3 Å². The molecule has 1 aromatic heterocycles. The Labute approximate surface area is 96.8 Å². The average molecular weight is 238 g/mol. The quantitative estimate of drug-likeness (QED) is 0.782. The highest BCUT2D eigenvalue weighted by Gasteiger charge is 2.18. The molecule has 4 N–H and O–H groups in total. The molecular formula is C11H12F2N4. The summed E-state index contributed by atoms with van der Waals surface area (Å²) in [6.07, 6.45) is 0.553. The van der Waals surface area contributed by atoms with Crippen molar-refractivity contribution in [1.29, 1.82) is 0 Å². The highest BCUT2D eigenvalue weighted by Crippen LogP contribution is 2.28. The number of nitrogen functional groups attached to an aromatic ring is 2. The molecule has 0 spiro atoms. The number of hydrogen-bond donors (Lipinski definition) is 2. The van der Waals surface area contributed by atoms with Crippen LogP contribution in [-0.2, 0) is 6.42 Å². The van der Waals surface area contributed by atoms with Gasteiger partial charge >= 0.3 is 0 Å². The van der Waals surface area contributed by atoms with Crippen LogP contribution >= 0.6 is 0 Å². The second-order valence-electron chi connectivity index (χ2n) is 3.59. The number of hydrogen-bond acceptors (Lipinski definition) is 3. The minimum absolute atomic E-state index is 0.0152. The summed E-state index contributed by atoms with van der Waals surface area (Å²) in [5.41, 5.74) is 5.90. The lowest BCUT2D eigenvalue weighted by atomic mass is 10.1. The van der Waals surface area contributed by atoms with Crippen LogP contribution in [0.1, 0.15) is 12.7 Å². The van der Waals surface area contributed by atoms with Gasteiger partial charge in [0.25, 0.3) is 0 Å². The van der Waals surface area contributed by atoms with Gasteiger partial charge < -0.3 is 11.6 Å². The van der Waals surface area contributed by atoms with Crippen LogP contribution in [0.5, 0.6) is 0 Å². The summed E-state index contributed by atoms with van der Waals surface area (Å²) in [6.45, 7) is 1.84. The third-order valence-corrected chi connectivity index (χ3v) is 2.54. The second kappa shape index (κ2) is 4.04.